The van der Waals surface area contributed by atoms with Crippen molar-refractivity contribution in [1.82, 2.24) is 4.57 Å². The molecule has 0 saturated heterocycles. The minimum atomic E-state index is -2.30. The van der Waals surface area contributed by atoms with Gasteiger partial charge in [0.25, 0.3) is 0 Å². The molecule has 0 bridgehead atoms. The van der Waals surface area contributed by atoms with Gasteiger partial charge >= 0.3 is 0 Å². The van der Waals surface area contributed by atoms with Crippen LogP contribution >= 0.6 is 0 Å². The molecule has 0 atom stereocenters. The number of benzene rings is 3. The summed E-state index contributed by atoms with van der Waals surface area (Å²) in [5, 5.41) is 3.97. The van der Waals surface area contributed by atoms with Crippen molar-refractivity contribution in [3.05, 3.63) is 77.5 Å². The van der Waals surface area contributed by atoms with Gasteiger partial charge in [-0.15, -0.1) is 0 Å². The van der Waals surface area contributed by atoms with Crippen LogP contribution in [-0.4, -0.2) is 4.57 Å². The van der Waals surface area contributed by atoms with E-state index in [1.165, 1.54) is 0 Å². The molecule has 0 radical (unpaired) electrons. The maximum absolute atomic E-state index is 8.24. The Hall–Kier alpha value is -3.13. The lowest BCUT2D eigenvalue weighted by molar-refractivity contribution is -0.659. The number of hydrogen-bond acceptors (Lipinski definition) is 0. The predicted molar refractivity (Wildman–Crippen MR) is 119 cm³/mol. The molecule has 2 aromatic heterocycles. The fourth-order valence-corrected chi connectivity index (χ4v) is 4.50. The first-order valence-electron chi connectivity index (χ1n) is 12.3. The van der Waals surface area contributed by atoms with Crippen LogP contribution in [0.15, 0.2) is 60.8 Å². The molecular weight excluding hydrogens is 340 g/mol. The van der Waals surface area contributed by atoms with Crippen LogP contribution in [0.3, 0.4) is 0 Å². The monoisotopic (exact) mass is 371 g/mol. The molecule has 0 saturated carbocycles. The lowest BCUT2D eigenvalue weighted by Crippen LogP contribution is -2.31. The number of hydrogen-bond donors (Lipinski definition) is 0. The molecule has 0 spiro atoms. The molecule has 0 aliphatic rings. The molecule has 5 aromatic rings. The summed E-state index contributed by atoms with van der Waals surface area (Å²) in [7, 11) is 3.76. The minimum absolute atomic E-state index is 0.285. The van der Waals surface area contributed by atoms with Crippen LogP contribution in [0.4, 0.5) is 0 Å². The van der Waals surface area contributed by atoms with E-state index in [2.05, 4.69) is 18.2 Å². The van der Waals surface area contributed by atoms with Crippen molar-refractivity contribution in [3.63, 3.8) is 0 Å². The summed E-state index contributed by atoms with van der Waals surface area (Å²) in [6, 6.07) is 17.4. The Balaban J connectivity index is 2.03. The van der Waals surface area contributed by atoms with Crippen molar-refractivity contribution >= 4 is 32.6 Å². The fraction of sp³-hybridized carbons (Fsp3) is 0.192. The van der Waals surface area contributed by atoms with Crippen molar-refractivity contribution in [1.29, 1.82) is 0 Å². The van der Waals surface area contributed by atoms with E-state index < -0.39 is 13.7 Å². The topological polar surface area (TPSA) is 8.81 Å². The molecule has 5 rings (SSSR count). The molecule has 2 heteroatoms. The van der Waals surface area contributed by atoms with Crippen molar-refractivity contribution in [2.75, 3.05) is 0 Å². The van der Waals surface area contributed by atoms with Gasteiger partial charge in [-0.25, -0.2) is 4.57 Å². The number of aromatic nitrogens is 2. The lowest BCUT2D eigenvalue weighted by atomic mass is 9.96. The summed E-state index contributed by atoms with van der Waals surface area (Å²) in [4.78, 5) is 0. The normalized spacial score (nSPS) is 15.8. The first-order chi connectivity index (χ1) is 15.9. The second-order valence-corrected chi connectivity index (χ2v) is 7.50. The summed E-state index contributed by atoms with van der Waals surface area (Å²) in [6.07, 6.45) is 1.68. The number of rotatable bonds is 1. The lowest BCUT2D eigenvalue weighted by Gasteiger charge is -2.09. The maximum Gasteiger partial charge on any atom is 0.222 e. The van der Waals surface area contributed by atoms with Crippen molar-refractivity contribution in [3.8, 4) is 11.3 Å². The molecule has 0 aliphatic carbocycles. The van der Waals surface area contributed by atoms with Gasteiger partial charge in [-0.05, 0) is 49.1 Å². The van der Waals surface area contributed by atoms with Gasteiger partial charge in [0.2, 0.25) is 5.69 Å². The number of aryl methyl sites for hydroxylation is 5. The Morgan fingerprint density at radius 1 is 0.929 bits per heavy atom. The van der Waals surface area contributed by atoms with Gasteiger partial charge < -0.3 is 4.57 Å². The zero-order chi connectivity index (χ0) is 24.6. The number of fused-ring (bicyclic) bond motifs is 5. The van der Waals surface area contributed by atoms with Gasteiger partial charge in [0.05, 0.1) is 10.9 Å². The average Bonchev–Trinajstić information content (AvgIpc) is 3.05. The second-order valence-electron chi connectivity index (χ2n) is 7.50. The van der Waals surface area contributed by atoms with E-state index in [-0.39, 0.29) is 11.1 Å². The van der Waals surface area contributed by atoms with Crippen LogP contribution in [0, 0.1) is 20.6 Å². The first kappa shape index (κ1) is 11.7. The summed E-state index contributed by atoms with van der Waals surface area (Å²) in [5.41, 5.74) is 4.74. The summed E-state index contributed by atoms with van der Waals surface area (Å²) >= 11 is 0. The first-order valence-corrected chi connectivity index (χ1v) is 9.34. The molecule has 28 heavy (non-hydrogen) atoms. The Morgan fingerprint density at radius 3 is 2.57 bits per heavy atom. The van der Waals surface area contributed by atoms with Crippen LogP contribution in [0.1, 0.15) is 24.9 Å². The van der Waals surface area contributed by atoms with Gasteiger partial charge in [0.15, 0.2) is 6.20 Å². The maximum atomic E-state index is 8.24. The van der Waals surface area contributed by atoms with E-state index in [1.54, 1.807) is 18.3 Å². The zero-order valence-corrected chi connectivity index (χ0v) is 16.2. The molecular formula is C26H25N2+. The van der Waals surface area contributed by atoms with E-state index >= 15 is 0 Å². The van der Waals surface area contributed by atoms with Crippen LogP contribution in [0.5, 0.6) is 0 Å². The van der Waals surface area contributed by atoms with Gasteiger partial charge in [-0.2, -0.15) is 0 Å². The Morgan fingerprint density at radius 2 is 1.79 bits per heavy atom. The standard InChI is InChI=1S/C26H25N2/c1-16-10-12-20(17(2)14-16)26-24-23-21-9-7-6-8-19(21)11-13-22(23)28(5)25(24)18(3)15-27(26)4/h6-15H,1-5H3/q+1/i1D3,3D3. The molecule has 0 N–H and O–H groups in total. The minimum Gasteiger partial charge on any atom is -0.343 e. The fourth-order valence-electron chi connectivity index (χ4n) is 4.50. The molecule has 0 amide bonds. The predicted octanol–water partition coefficient (Wildman–Crippen LogP) is 5.90. The highest BCUT2D eigenvalue weighted by molar-refractivity contribution is 6.24. The summed E-state index contributed by atoms with van der Waals surface area (Å²) < 4.78 is 51.9. The van der Waals surface area contributed by atoms with Crippen molar-refractivity contribution in [2.45, 2.75) is 20.6 Å². The number of pyridine rings is 1. The second kappa shape index (κ2) is 5.93. The molecule has 0 fully saturated rings. The highest BCUT2D eigenvalue weighted by Crippen LogP contribution is 2.40. The third-order valence-electron chi connectivity index (χ3n) is 5.74. The van der Waals surface area contributed by atoms with Crippen LogP contribution in [0.25, 0.3) is 43.8 Å². The Kier molecular flexibility index (Phi) is 2.47. The van der Waals surface area contributed by atoms with Crippen molar-refractivity contribution in [2.24, 2.45) is 14.1 Å². The van der Waals surface area contributed by atoms with Crippen LogP contribution in [0.2, 0.25) is 0 Å². The average molecular weight is 372 g/mol. The van der Waals surface area contributed by atoms with E-state index in [4.69, 9.17) is 8.22 Å². The van der Waals surface area contributed by atoms with E-state index in [0.717, 1.165) is 43.9 Å². The van der Waals surface area contributed by atoms with E-state index in [0.29, 0.717) is 5.52 Å². The Bertz CT molecular complexity index is 1610. The van der Waals surface area contributed by atoms with Gasteiger partial charge in [-0.1, -0.05) is 48.0 Å². The highest BCUT2D eigenvalue weighted by Gasteiger charge is 2.25. The van der Waals surface area contributed by atoms with E-state index in [1.807, 2.05) is 54.4 Å². The highest BCUT2D eigenvalue weighted by atomic mass is 15.0. The van der Waals surface area contributed by atoms with E-state index in [9.17, 15) is 0 Å². The molecule has 3 aromatic carbocycles. The summed E-state index contributed by atoms with van der Waals surface area (Å²) in [6.45, 7) is -2.59. The molecule has 138 valence electrons. The van der Waals surface area contributed by atoms with Gasteiger partial charge in [0.1, 0.15) is 7.05 Å². The van der Waals surface area contributed by atoms with Crippen LogP contribution < -0.4 is 4.57 Å². The smallest absolute Gasteiger partial charge is 0.222 e. The quantitative estimate of drug-likeness (QED) is 0.324. The molecule has 0 aliphatic heterocycles. The largest absolute Gasteiger partial charge is 0.343 e. The third kappa shape index (κ3) is 2.24. The summed E-state index contributed by atoms with van der Waals surface area (Å²) in [5.74, 6) is 0. The molecule has 2 heterocycles. The third-order valence-corrected chi connectivity index (χ3v) is 5.74. The molecule has 2 nitrogen and oxygen atoms in total. The zero-order valence-electron chi connectivity index (χ0n) is 22.2. The number of nitrogens with zero attached hydrogens (tertiary/aromatic N) is 2. The molecule has 0 unspecified atom stereocenters. The SMILES string of the molecule is [2H]C([2H])([2H])c1ccc(-c2c3c4c5ccccc5ccc4n(C)c3c(C([2H])([2H])[2H])c[n+]2C)c(C)c1. The van der Waals surface area contributed by atoms with Crippen LogP contribution in [-0.2, 0) is 14.1 Å². The van der Waals surface area contributed by atoms with Gasteiger partial charge in [0, 0.05) is 37.3 Å². The van der Waals surface area contributed by atoms with Crippen molar-refractivity contribution < 1.29 is 12.8 Å². The Labute approximate surface area is 174 Å². The van der Waals surface area contributed by atoms with Gasteiger partial charge in [-0.3, -0.25) is 0 Å².